The quantitative estimate of drug-likeness (QED) is 0.709. The summed E-state index contributed by atoms with van der Waals surface area (Å²) in [7, 11) is 0. The summed E-state index contributed by atoms with van der Waals surface area (Å²) in [6.45, 7) is 6.11. The van der Waals surface area contributed by atoms with E-state index < -0.39 is 0 Å². The maximum atomic E-state index is 11.8. The standard InChI is InChI=1S/C13H24N2OS/c1-13(2,3)17-12(16)15-11-9-7-5-4-6-8-10(11)14/h5,7,10-11H,4,6,8-9,14H2,1-3H3,(H,15,16)/b7-5+/t10-,11-/m1/s1. The lowest BCUT2D eigenvalue weighted by Crippen LogP contribution is -2.47. The zero-order valence-electron chi connectivity index (χ0n) is 11.0. The van der Waals surface area contributed by atoms with Crippen molar-refractivity contribution in [3.05, 3.63) is 12.2 Å². The molecule has 3 N–H and O–H groups in total. The van der Waals surface area contributed by atoms with E-state index in [2.05, 4.69) is 17.5 Å². The Bertz CT molecular complexity index is 284. The molecule has 3 nitrogen and oxygen atoms in total. The molecule has 1 amide bonds. The molecule has 2 atom stereocenters. The summed E-state index contributed by atoms with van der Waals surface area (Å²) >= 11 is 1.33. The number of allylic oxidation sites excluding steroid dienone is 1. The molecule has 0 fully saturated rings. The Morgan fingerprint density at radius 2 is 2.12 bits per heavy atom. The maximum absolute atomic E-state index is 11.8. The summed E-state index contributed by atoms with van der Waals surface area (Å²) < 4.78 is -0.0500. The number of amides is 1. The first kappa shape index (κ1) is 14.6. The van der Waals surface area contributed by atoms with Crippen LogP contribution < -0.4 is 11.1 Å². The van der Waals surface area contributed by atoms with Crippen LogP contribution in [0, 0.1) is 0 Å². The highest BCUT2D eigenvalue weighted by Crippen LogP contribution is 2.24. The van der Waals surface area contributed by atoms with E-state index in [4.69, 9.17) is 5.73 Å². The number of carbonyl (C=O) groups is 1. The first-order valence-electron chi connectivity index (χ1n) is 6.28. The average Bonchev–Trinajstić information content (AvgIpc) is 2.15. The Labute approximate surface area is 109 Å². The predicted octanol–water partition coefficient (Wildman–Crippen LogP) is 3.05. The minimum Gasteiger partial charge on any atom is -0.342 e. The summed E-state index contributed by atoms with van der Waals surface area (Å²) in [6.07, 6.45) is 8.35. The predicted molar refractivity (Wildman–Crippen MR) is 75.2 cm³/mol. The van der Waals surface area contributed by atoms with Gasteiger partial charge in [0.25, 0.3) is 5.24 Å². The maximum Gasteiger partial charge on any atom is 0.279 e. The second-order valence-electron chi connectivity index (χ2n) is 5.55. The third-order valence-corrected chi connectivity index (χ3v) is 3.60. The molecule has 0 spiro atoms. The highest BCUT2D eigenvalue weighted by molar-refractivity contribution is 8.14. The van der Waals surface area contributed by atoms with Crippen LogP contribution >= 0.6 is 11.8 Å². The fourth-order valence-corrected chi connectivity index (χ4v) is 2.60. The SMILES string of the molecule is CC(C)(C)SC(=O)N[C@@H]1C/C=C/CCC[C@H]1N. The summed E-state index contributed by atoms with van der Waals surface area (Å²) in [5, 5.41) is 3.07. The van der Waals surface area contributed by atoms with E-state index in [1.54, 1.807) is 0 Å². The van der Waals surface area contributed by atoms with Crippen molar-refractivity contribution in [2.24, 2.45) is 5.73 Å². The van der Waals surface area contributed by atoms with Crippen LogP contribution in [0.4, 0.5) is 4.79 Å². The molecule has 17 heavy (non-hydrogen) atoms. The molecule has 0 aliphatic heterocycles. The molecule has 0 heterocycles. The molecule has 0 aromatic heterocycles. The second-order valence-corrected chi connectivity index (χ2v) is 7.35. The first-order valence-corrected chi connectivity index (χ1v) is 7.10. The molecule has 1 aliphatic rings. The van der Waals surface area contributed by atoms with E-state index >= 15 is 0 Å². The van der Waals surface area contributed by atoms with Gasteiger partial charge in [-0.3, -0.25) is 4.79 Å². The van der Waals surface area contributed by atoms with Crippen molar-refractivity contribution in [2.75, 3.05) is 0 Å². The van der Waals surface area contributed by atoms with Gasteiger partial charge in [-0.05, 0) is 25.7 Å². The van der Waals surface area contributed by atoms with E-state index in [0.717, 1.165) is 25.7 Å². The summed E-state index contributed by atoms with van der Waals surface area (Å²) in [5.41, 5.74) is 6.10. The van der Waals surface area contributed by atoms with Gasteiger partial charge in [0.05, 0.1) is 0 Å². The van der Waals surface area contributed by atoms with Gasteiger partial charge in [0.2, 0.25) is 0 Å². The molecular formula is C13H24N2OS. The van der Waals surface area contributed by atoms with Gasteiger partial charge in [-0.15, -0.1) is 0 Å². The molecule has 0 saturated carbocycles. The third kappa shape index (κ3) is 6.13. The molecule has 1 rings (SSSR count). The van der Waals surface area contributed by atoms with Crippen molar-refractivity contribution in [3.8, 4) is 0 Å². The highest BCUT2D eigenvalue weighted by atomic mass is 32.2. The van der Waals surface area contributed by atoms with Gasteiger partial charge in [-0.25, -0.2) is 0 Å². The van der Waals surface area contributed by atoms with Crippen molar-refractivity contribution in [3.63, 3.8) is 0 Å². The number of hydrogen-bond donors (Lipinski definition) is 2. The summed E-state index contributed by atoms with van der Waals surface area (Å²) in [6, 6.07) is 0.151. The first-order chi connectivity index (χ1) is 7.88. The topological polar surface area (TPSA) is 55.1 Å². The Morgan fingerprint density at radius 3 is 2.76 bits per heavy atom. The van der Waals surface area contributed by atoms with Crippen LogP contribution in [0.2, 0.25) is 0 Å². The molecule has 0 radical (unpaired) electrons. The average molecular weight is 256 g/mol. The third-order valence-electron chi connectivity index (χ3n) is 2.68. The van der Waals surface area contributed by atoms with Crippen LogP contribution in [0.25, 0.3) is 0 Å². The van der Waals surface area contributed by atoms with Crippen molar-refractivity contribution in [1.29, 1.82) is 0 Å². The Morgan fingerprint density at radius 1 is 1.41 bits per heavy atom. The van der Waals surface area contributed by atoms with Gasteiger partial charge in [-0.1, -0.05) is 44.7 Å². The minimum atomic E-state index is -0.0500. The Hall–Kier alpha value is -0.480. The van der Waals surface area contributed by atoms with E-state index in [9.17, 15) is 4.79 Å². The fourth-order valence-electron chi connectivity index (χ4n) is 1.83. The van der Waals surface area contributed by atoms with E-state index in [-0.39, 0.29) is 22.1 Å². The lowest BCUT2D eigenvalue weighted by molar-refractivity contribution is 0.254. The van der Waals surface area contributed by atoms with Crippen molar-refractivity contribution in [1.82, 2.24) is 5.32 Å². The number of hydrogen-bond acceptors (Lipinski definition) is 3. The molecule has 98 valence electrons. The molecule has 0 unspecified atom stereocenters. The Balaban J connectivity index is 2.49. The van der Waals surface area contributed by atoms with E-state index in [1.807, 2.05) is 20.8 Å². The van der Waals surface area contributed by atoms with Crippen LogP contribution in [-0.2, 0) is 0 Å². The molecule has 0 bridgehead atoms. The molecule has 0 aromatic carbocycles. The largest absolute Gasteiger partial charge is 0.342 e. The van der Waals surface area contributed by atoms with Gasteiger partial charge >= 0.3 is 0 Å². The number of nitrogens with two attached hydrogens (primary N) is 1. The van der Waals surface area contributed by atoms with Crippen LogP contribution in [0.5, 0.6) is 0 Å². The zero-order valence-corrected chi connectivity index (χ0v) is 11.8. The lowest BCUT2D eigenvalue weighted by Gasteiger charge is -2.26. The van der Waals surface area contributed by atoms with Crippen molar-refractivity contribution < 1.29 is 4.79 Å². The molecule has 0 saturated heterocycles. The van der Waals surface area contributed by atoms with Crippen molar-refractivity contribution in [2.45, 2.75) is 63.3 Å². The smallest absolute Gasteiger partial charge is 0.279 e. The minimum absolute atomic E-state index is 0.0342. The van der Waals surface area contributed by atoms with Crippen LogP contribution in [0.15, 0.2) is 12.2 Å². The lowest BCUT2D eigenvalue weighted by atomic mass is 9.97. The van der Waals surface area contributed by atoms with Gasteiger partial charge in [0.15, 0.2) is 0 Å². The normalized spacial score (nSPS) is 28.0. The van der Waals surface area contributed by atoms with Gasteiger partial charge in [0.1, 0.15) is 0 Å². The zero-order chi connectivity index (χ0) is 12.9. The van der Waals surface area contributed by atoms with Gasteiger partial charge in [-0.2, -0.15) is 0 Å². The van der Waals surface area contributed by atoms with Crippen LogP contribution in [-0.4, -0.2) is 22.1 Å². The number of carbonyl (C=O) groups excluding carboxylic acids is 1. The molecule has 4 heteroatoms. The monoisotopic (exact) mass is 256 g/mol. The highest BCUT2D eigenvalue weighted by Gasteiger charge is 2.23. The summed E-state index contributed by atoms with van der Waals surface area (Å²) in [4.78, 5) is 11.8. The molecule has 0 aromatic rings. The number of rotatable bonds is 1. The van der Waals surface area contributed by atoms with E-state index in [1.165, 1.54) is 11.8 Å². The van der Waals surface area contributed by atoms with Gasteiger partial charge in [0, 0.05) is 16.8 Å². The van der Waals surface area contributed by atoms with Crippen molar-refractivity contribution >= 4 is 17.0 Å². The number of thioether (sulfide) groups is 1. The number of nitrogens with one attached hydrogen (secondary N) is 1. The fraction of sp³-hybridized carbons (Fsp3) is 0.769. The molecule has 1 aliphatic carbocycles. The van der Waals surface area contributed by atoms with E-state index in [0.29, 0.717) is 0 Å². The Kier molecular flexibility index (Phi) is 5.53. The second kappa shape index (κ2) is 6.45. The van der Waals surface area contributed by atoms with Crippen LogP contribution in [0.1, 0.15) is 46.5 Å². The van der Waals surface area contributed by atoms with Gasteiger partial charge < -0.3 is 11.1 Å². The molecular weight excluding hydrogens is 232 g/mol. The summed E-state index contributed by atoms with van der Waals surface area (Å²) in [5.74, 6) is 0. The van der Waals surface area contributed by atoms with Crippen LogP contribution in [0.3, 0.4) is 0 Å².